The van der Waals surface area contributed by atoms with E-state index in [4.69, 9.17) is 0 Å². The molecule has 0 saturated heterocycles. The molecule has 29 heteroatoms. The van der Waals surface area contributed by atoms with E-state index >= 15 is 0 Å². The summed E-state index contributed by atoms with van der Waals surface area (Å²) in [6, 6.07) is 9.58. The molecule has 2 aliphatic rings. The number of aryl methyl sites for hydroxylation is 2. The number of nitrogens with one attached hydrogen (secondary N) is 2. The Hall–Kier alpha value is -2.45. The Balaban J connectivity index is 0.00000374. The molecule has 21 nitrogen and oxygen atoms in total. The number of aromatic hydroxyl groups is 2. The van der Waals surface area contributed by atoms with E-state index in [1.807, 2.05) is 0 Å². The van der Waals surface area contributed by atoms with Crippen LogP contribution in [0.4, 0.5) is 16.2 Å². The van der Waals surface area contributed by atoms with Crippen LogP contribution in [0.25, 0.3) is 0 Å². The molecule has 0 bridgehead atoms. The molecule has 0 aromatic heterocycles. The topological polar surface area (TPSA) is 369 Å². The Kier molecular flexibility index (Phi) is 20.4. The molecule has 0 unspecified atom stereocenters. The molecule has 4 aromatic rings. The second kappa shape index (κ2) is 22.5. The molecule has 2 aliphatic carbocycles. The number of hydrogen-bond acceptors (Lipinski definition) is 17. The van der Waals surface area contributed by atoms with Gasteiger partial charge in [0.05, 0.1) is 21.2 Å². The first-order chi connectivity index (χ1) is 28.6. The number of urea groups is 1. The summed E-state index contributed by atoms with van der Waals surface area (Å²) in [5.74, 6) is -3.68. The molecule has 0 atom stereocenters. The number of amides is 4. The zero-order valence-electron chi connectivity index (χ0n) is 35.4. The molecule has 0 saturated carbocycles. The minimum Gasteiger partial charge on any atom is -0.744 e. The van der Waals surface area contributed by atoms with Crippen LogP contribution in [-0.4, -0.2) is 91.4 Å². The second-order valence-corrected chi connectivity index (χ2v) is 19.2. The van der Waals surface area contributed by atoms with E-state index in [9.17, 15) is 76.5 Å². The van der Waals surface area contributed by atoms with Gasteiger partial charge in [-0.3, -0.25) is 9.59 Å². The zero-order valence-corrected chi connectivity index (χ0v) is 46.7. The summed E-state index contributed by atoms with van der Waals surface area (Å²) in [4.78, 5) is 43.8. The van der Waals surface area contributed by atoms with Gasteiger partial charge in [-0.15, -0.1) is 0 Å². The second-order valence-electron chi connectivity index (χ2n) is 13.6. The SMILES string of the molecule is Cc1cc(C(=O)N=C2C=C(S(=O)(=O)[O-])Cc3cc(S(=O)(=O)[O-])cc(O)c32)ccc1NC(=O)Nc1ccc(C(=O)N=C2C=C(S(=O)(=O)[O-])Cc3cc(S(=O)(=O)[O-])cc(O)c32)cc1C.[Na+].[Na+].[Na+].[Na+]. The fourth-order valence-electron chi connectivity index (χ4n) is 6.39. The molecule has 0 fully saturated rings. The number of fused-ring (bicyclic) bond motifs is 2. The molecule has 6 rings (SSSR count). The number of carbonyl (C=O) groups is 3. The molecule has 4 N–H and O–H groups in total. The Bertz CT molecular complexity index is 3090. The van der Waals surface area contributed by atoms with Crippen LogP contribution in [0, 0.1) is 13.8 Å². The zero-order chi connectivity index (χ0) is 45.9. The van der Waals surface area contributed by atoms with E-state index in [2.05, 4.69) is 20.6 Å². The number of nitrogens with zero attached hydrogens (tertiary/aromatic N) is 2. The third kappa shape index (κ3) is 13.9. The molecule has 324 valence electrons. The quantitative estimate of drug-likeness (QED) is 0.0940. The van der Waals surface area contributed by atoms with Crippen molar-refractivity contribution in [3.8, 4) is 11.5 Å². The molecular formula is C37H26N4Na4O17S4. The van der Waals surface area contributed by atoms with Gasteiger partial charge in [0, 0.05) is 56.3 Å². The summed E-state index contributed by atoms with van der Waals surface area (Å²) < 4.78 is 141. The standard InChI is InChI=1S/C37H30N4O17S4.4Na/c1-17-7-19(35(44)38-29-13-23(59(47,48)49)9-21-11-25(61(53,54)55)15-31(42)33(21)29)3-5-27(17)40-37(46)41-28-6-4-20(8-18(28)2)36(45)39-30-14-24(60(50,51)52)10-22-12-26(62(56,57)58)16-32(43)34(22)30;;;;/h3-8,11-16,42-43H,9-10H2,1-2H3,(H2,40,41,46)(H,47,48,49)(H,50,51,52)(H,53,54,55)(H,56,57,58);;;;/q;4*+1/p-4. The van der Waals surface area contributed by atoms with Gasteiger partial charge in [0.25, 0.3) is 11.8 Å². The Labute approximate surface area is 465 Å². The van der Waals surface area contributed by atoms with Crippen LogP contribution in [0.3, 0.4) is 0 Å². The van der Waals surface area contributed by atoms with E-state index in [-0.39, 0.29) is 163 Å². The van der Waals surface area contributed by atoms with E-state index in [0.717, 1.165) is 24.3 Å². The van der Waals surface area contributed by atoms with Crippen LogP contribution in [-0.2, 0) is 53.3 Å². The molecule has 0 spiro atoms. The van der Waals surface area contributed by atoms with Crippen molar-refractivity contribution in [1.29, 1.82) is 0 Å². The number of phenolic OH excluding ortho intramolecular Hbond substituents is 2. The summed E-state index contributed by atoms with van der Waals surface area (Å²) >= 11 is 0. The Morgan fingerprint density at radius 1 is 0.530 bits per heavy atom. The minimum absolute atomic E-state index is 0. The number of benzene rings is 4. The molecule has 4 aromatic carbocycles. The van der Waals surface area contributed by atoms with Gasteiger partial charge in [-0.25, -0.2) is 48.5 Å². The van der Waals surface area contributed by atoms with Gasteiger partial charge >= 0.3 is 124 Å². The number of carbonyl (C=O) groups excluding carboxylic acids is 3. The number of hydrogen-bond donors (Lipinski definition) is 4. The number of aliphatic imine (C=N–C) groups is 2. The molecular weight excluding hydrogens is 993 g/mol. The van der Waals surface area contributed by atoms with Crippen molar-refractivity contribution in [2.75, 3.05) is 10.6 Å². The first kappa shape index (κ1) is 59.7. The molecule has 4 amide bonds. The van der Waals surface area contributed by atoms with Gasteiger partial charge in [-0.1, -0.05) is 0 Å². The van der Waals surface area contributed by atoms with Crippen LogP contribution < -0.4 is 129 Å². The minimum atomic E-state index is -5.16. The van der Waals surface area contributed by atoms with Gasteiger partial charge in [0.2, 0.25) is 0 Å². The van der Waals surface area contributed by atoms with Crippen LogP contribution >= 0.6 is 0 Å². The van der Waals surface area contributed by atoms with Gasteiger partial charge in [-0.05, 0) is 109 Å². The largest absolute Gasteiger partial charge is 1.00 e. The maximum atomic E-state index is 13.3. The summed E-state index contributed by atoms with van der Waals surface area (Å²) in [5, 5.41) is 26.2. The van der Waals surface area contributed by atoms with E-state index in [0.29, 0.717) is 23.3 Å². The summed E-state index contributed by atoms with van der Waals surface area (Å²) in [6.07, 6.45) is 0.0788. The average molecular weight is 1020 g/mol. The molecule has 0 heterocycles. The summed E-state index contributed by atoms with van der Waals surface area (Å²) in [6.45, 7) is 3.00. The molecule has 66 heavy (non-hydrogen) atoms. The normalized spacial score (nSPS) is 14.6. The molecule has 0 radical (unpaired) electrons. The van der Waals surface area contributed by atoms with E-state index in [1.165, 1.54) is 50.2 Å². The predicted molar refractivity (Wildman–Crippen MR) is 212 cm³/mol. The van der Waals surface area contributed by atoms with Gasteiger partial charge in [-0.2, -0.15) is 0 Å². The molecule has 0 aliphatic heterocycles. The third-order valence-electron chi connectivity index (χ3n) is 9.29. The van der Waals surface area contributed by atoms with Crippen molar-refractivity contribution in [3.05, 3.63) is 127 Å². The van der Waals surface area contributed by atoms with Crippen LogP contribution in [0.1, 0.15) is 54.1 Å². The number of allylic oxidation sites excluding steroid dienone is 4. The number of phenols is 2. The van der Waals surface area contributed by atoms with Crippen molar-refractivity contribution in [2.45, 2.75) is 36.5 Å². The first-order valence-corrected chi connectivity index (χ1v) is 22.8. The van der Waals surface area contributed by atoms with Gasteiger partial charge in [0.15, 0.2) is 0 Å². The first-order valence-electron chi connectivity index (χ1n) is 17.1. The van der Waals surface area contributed by atoms with Crippen LogP contribution in [0.15, 0.2) is 102 Å². The van der Waals surface area contributed by atoms with E-state index < -0.39 is 114 Å². The Morgan fingerprint density at radius 2 is 0.864 bits per heavy atom. The fraction of sp³-hybridized carbons (Fsp3) is 0.108. The average Bonchev–Trinajstić information content (AvgIpc) is 3.14. The maximum absolute atomic E-state index is 13.3. The van der Waals surface area contributed by atoms with Gasteiger partial charge < -0.3 is 39.1 Å². The monoisotopic (exact) mass is 1020 g/mol. The number of rotatable bonds is 8. The van der Waals surface area contributed by atoms with Crippen molar-refractivity contribution in [1.82, 2.24) is 0 Å². The smallest absolute Gasteiger partial charge is 0.744 e. The van der Waals surface area contributed by atoms with E-state index in [1.54, 1.807) is 0 Å². The summed E-state index contributed by atoms with van der Waals surface area (Å²) in [7, 11) is -20.6. The van der Waals surface area contributed by atoms with Crippen molar-refractivity contribution in [3.63, 3.8) is 0 Å². The van der Waals surface area contributed by atoms with Gasteiger partial charge in [0.1, 0.15) is 52.0 Å². The maximum Gasteiger partial charge on any atom is 1.00 e. The van der Waals surface area contributed by atoms with Crippen LogP contribution in [0.2, 0.25) is 0 Å². The number of anilines is 2. The summed E-state index contributed by atoms with van der Waals surface area (Å²) in [5.41, 5.74) is -1.39. The van der Waals surface area contributed by atoms with Crippen molar-refractivity contribution < 1.29 is 195 Å². The Morgan fingerprint density at radius 3 is 1.15 bits per heavy atom. The predicted octanol–water partition coefficient (Wildman–Crippen LogP) is -9.59. The third-order valence-corrected chi connectivity index (χ3v) is 12.7. The van der Waals surface area contributed by atoms with Crippen LogP contribution in [0.5, 0.6) is 11.5 Å². The van der Waals surface area contributed by atoms with Crippen molar-refractivity contribution in [2.24, 2.45) is 9.98 Å². The van der Waals surface area contributed by atoms with Crippen molar-refractivity contribution >= 4 is 81.1 Å². The fourth-order valence-corrected chi connectivity index (χ4v) is 8.66.